The lowest BCUT2D eigenvalue weighted by Crippen LogP contribution is -2.41. The Kier molecular flexibility index (Phi) is 9.54. The van der Waals surface area contributed by atoms with Crippen molar-refractivity contribution in [3.63, 3.8) is 0 Å². The van der Waals surface area contributed by atoms with Crippen LogP contribution in [0.5, 0.6) is 0 Å². The number of hydrogen-bond donors (Lipinski definition) is 1. The van der Waals surface area contributed by atoms with Gasteiger partial charge in [0, 0.05) is 18.6 Å². The molecule has 0 aromatic rings. The molecule has 0 amide bonds. The first-order valence-electron chi connectivity index (χ1n) is 8.71. The highest BCUT2D eigenvalue weighted by molar-refractivity contribution is 4.79. The minimum Gasteiger partial charge on any atom is -0.313 e. The minimum absolute atomic E-state index is 0.697. The summed E-state index contributed by atoms with van der Waals surface area (Å²) in [5.41, 5.74) is 0. The summed E-state index contributed by atoms with van der Waals surface area (Å²) >= 11 is 0. The third-order valence-electron chi connectivity index (χ3n) is 4.40. The van der Waals surface area contributed by atoms with E-state index in [0.29, 0.717) is 6.04 Å². The lowest BCUT2D eigenvalue weighted by Gasteiger charge is -2.29. The van der Waals surface area contributed by atoms with Gasteiger partial charge in [0.25, 0.3) is 0 Å². The Hall–Kier alpha value is -0.0800. The first kappa shape index (κ1) is 17.0. The van der Waals surface area contributed by atoms with Gasteiger partial charge >= 0.3 is 0 Å². The third kappa shape index (κ3) is 7.94. The molecule has 1 rings (SSSR count). The van der Waals surface area contributed by atoms with E-state index in [9.17, 15) is 0 Å². The van der Waals surface area contributed by atoms with Crippen molar-refractivity contribution in [2.24, 2.45) is 0 Å². The highest BCUT2D eigenvalue weighted by Gasteiger charge is 2.19. The summed E-state index contributed by atoms with van der Waals surface area (Å²) in [5.74, 6) is 0. The van der Waals surface area contributed by atoms with Gasteiger partial charge in [-0.1, -0.05) is 45.4 Å². The second kappa shape index (κ2) is 10.7. The highest BCUT2D eigenvalue weighted by Crippen LogP contribution is 2.12. The number of rotatable bonds is 11. The van der Waals surface area contributed by atoms with Crippen LogP contribution in [-0.2, 0) is 0 Å². The van der Waals surface area contributed by atoms with Crippen LogP contribution in [-0.4, -0.2) is 36.6 Å². The monoisotopic (exact) mass is 268 g/mol. The largest absolute Gasteiger partial charge is 0.313 e. The molecule has 1 atom stereocenters. The van der Waals surface area contributed by atoms with Gasteiger partial charge < -0.3 is 5.32 Å². The number of unbranched alkanes of at least 4 members (excludes halogenated alkanes) is 6. The molecule has 2 nitrogen and oxygen atoms in total. The van der Waals surface area contributed by atoms with Crippen molar-refractivity contribution >= 4 is 0 Å². The van der Waals surface area contributed by atoms with E-state index in [4.69, 9.17) is 0 Å². The minimum atomic E-state index is 0.697. The standard InChI is InChI=1S/C17H36N2/c1-4-5-6-7-8-9-10-14-19(16(2)3)15-17-12-11-13-18-17/h16-18H,4-15H2,1-3H3. The number of hydrogen-bond acceptors (Lipinski definition) is 2. The van der Waals surface area contributed by atoms with E-state index in [-0.39, 0.29) is 0 Å². The predicted octanol–water partition coefficient (Wildman–Crippen LogP) is 4.20. The zero-order chi connectivity index (χ0) is 13.9. The maximum atomic E-state index is 3.63. The molecule has 1 heterocycles. The zero-order valence-electron chi connectivity index (χ0n) is 13.6. The topological polar surface area (TPSA) is 15.3 Å². The summed E-state index contributed by atoms with van der Waals surface area (Å²) < 4.78 is 0. The first-order valence-corrected chi connectivity index (χ1v) is 8.71. The molecule has 1 aliphatic rings. The van der Waals surface area contributed by atoms with Gasteiger partial charge in [0.2, 0.25) is 0 Å². The summed E-state index contributed by atoms with van der Waals surface area (Å²) in [5, 5.41) is 3.63. The summed E-state index contributed by atoms with van der Waals surface area (Å²) in [4.78, 5) is 2.68. The van der Waals surface area contributed by atoms with Crippen LogP contribution in [0.2, 0.25) is 0 Å². The first-order chi connectivity index (χ1) is 9.24. The van der Waals surface area contributed by atoms with Crippen LogP contribution < -0.4 is 5.32 Å². The maximum Gasteiger partial charge on any atom is 0.0195 e. The molecule has 0 radical (unpaired) electrons. The summed E-state index contributed by atoms with van der Waals surface area (Å²) in [6.07, 6.45) is 12.7. The molecule has 1 saturated heterocycles. The highest BCUT2D eigenvalue weighted by atomic mass is 15.2. The van der Waals surface area contributed by atoms with E-state index < -0.39 is 0 Å². The van der Waals surface area contributed by atoms with Crippen molar-refractivity contribution < 1.29 is 0 Å². The Balaban J connectivity index is 2.05. The molecule has 2 heteroatoms. The van der Waals surface area contributed by atoms with Crippen LogP contribution in [0.4, 0.5) is 0 Å². The second-order valence-corrected chi connectivity index (χ2v) is 6.50. The molecule has 0 spiro atoms. The molecular weight excluding hydrogens is 232 g/mol. The fourth-order valence-electron chi connectivity index (χ4n) is 3.03. The van der Waals surface area contributed by atoms with Crippen LogP contribution in [0.1, 0.15) is 78.6 Å². The van der Waals surface area contributed by atoms with Crippen LogP contribution in [0, 0.1) is 0 Å². The quantitative estimate of drug-likeness (QED) is 0.565. The number of nitrogens with one attached hydrogen (secondary N) is 1. The Morgan fingerprint density at radius 3 is 2.32 bits per heavy atom. The summed E-state index contributed by atoms with van der Waals surface area (Å²) in [7, 11) is 0. The fraction of sp³-hybridized carbons (Fsp3) is 1.00. The smallest absolute Gasteiger partial charge is 0.0195 e. The maximum absolute atomic E-state index is 3.63. The molecule has 0 aromatic carbocycles. The Morgan fingerprint density at radius 1 is 1.05 bits per heavy atom. The van der Waals surface area contributed by atoms with E-state index >= 15 is 0 Å². The van der Waals surface area contributed by atoms with Crippen LogP contribution in [0.15, 0.2) is 0 Å². The average molecular weight is 268 g/mol. The van der Waals surface area contributed by atoms with Gasteiger partial charge in [-0.05, 0) is 46.2 Å². The van der Waals surface area contributed by atoms with E-state index in [0.717, 1.165) is 6.04 Å². The van der Waals surface area contributed by atoms with E-state index in [1.165, 1.54) is 77.4 Å². The fourth-order valence-corrected chi connectivity index (χ4v) is 3.03. The molecule has 114 valence electrons. The molecule has 0 saturated carbocycles. The Bertz CT molecular complexity index is 197. The van der Waals surface area contributed by atoms with Gasteiger partial charge in [-0.2, -0.15) is 0 Å². The molecule has 1 fully saturated rings. The van der Waals surface area contributed by atoms with Crippen molar-refractivity contribution in [2.45, 2.75) is 90.6 Å². The normalized spacial score (nSPS) is 19.7. The van der Waals surface area contributed by atoms with Crippen LogP contribution in [0.25, 0.3) is 0 Å². The van der Waals surface area contributed by atoms with Crippen molar-refractivity contribution in [2.75, 3.05) is 19.6 Å². The van der Waals surface area contributed by atoms with Gasteiger partial charge in [-0.15, -0.1) is 0 Å². The average Bonchev–Trinajstić information content (AvgIpc) is 2.89. The molecule has 1 unspecified atom stereocenters. The lowest BCUT2D eigenvalue weighted by molar-refractivity contribution is 0.198. The van der Waals surface area contributed by atoms with Crippen molar-refractivity contribution in [3.8, 4) is 0 Å². The molecule has 1 aliphatic heterocycles. The molecule has 0 bridgehead atoms. The van der Waals surface area contributed by atoms with E-state index in [1.807, 2.05) is 0 Å². The van der Waals surface area contributed by atoms with E-state index in [1.54, 1.807) is 0 Å². The van der Waals surface area contributed by atoms with E-state index in [2.05, 4.69) is 31.0 Å². The van der Waals surface area contributed by atoms with Gasteiger partial charge in [0.15, 0.2) is 0 Å². The van der Waals surface area contributed by atoms with Crippen molar-refractivity contribution in [1.82, 2.24) is 10.2 Å². The Labute approximate surface area is 121 Å². The zero-order valence-corrected chi connectivity index (χ0v) is 13.6. The van der Waals surface area contributed by atoms with Crippen LogP contribution in [0.3, 0.4) is 0 Å². The molecule has 0 aromatic heterocycles. The van der Waals surface area contributed by atoms with Crippen molar-refractivity contribution in [3.05, 3.63) is 0 Å². The molecule has 19 heavy (non-hydrogen) atoms. The summed E-state index contributed by atoms with van der Waals surface area (Å²) in [6, 6.07) is 1.45. The lowest BCUT2D eigenvalue weighted by atomic mass is 10.1. The molecule has 1 N–H and O–H groups in total. The predicted molar refractivity (Wildman–Crippen MR) is 85.7 cm³/mol. The van der Waals surface area contributed by atoms with Gasteiger partial charge in [0.1, 0.15) is 0 Å². The molecule has 0 aliphatic carbocycles. The third-order valence-corrected chi connectivity index (χ3v) is 4.40. The van der Waals surface area contributed by atoms with Crippen LogP contribution >= 0.6 is 0 Å². The Morgan fingerprint density at radius 2 is 1.74 bits per heavy atom. The van der Waals surface area contributed by atoms with Gasteiger partial charge in [0.05, 0.1) is 0 Å². The second-order valence-electron chi connectivity index (χ2n) is 6.50. The number of nitrogens with zero attached hydrogens (tertiary/aromatic N) is 1. The van der Waals surface area contributed by atoms with Gasteiger partial charge in [-0.3, -0.25) is 4.90 Å². The van der Waals surface area contributed by atoms with Gasteiger partial charge in [-0.25, -0.2) is 0 Å². The molecular formula is C17H36N2. The summed E-state index contributed by atoms with van der Waals surface area (Å²) in [6.45, 7) is 10.8. The van der Waals surface area contributed by atoms with Crippen molar-refractivity contribution in [1.29, 1.82) is 0 Å². The SMILES string of the molecule is CCCCCCCCCN(CC1CCCN1)C(C)C.